The molecule has 1 aliphatic heterocycles. The summed E-state index contributed by atoms with van der Waals surface area (Å²) in [4.78, 5) is 8.05. The van der Waals surface area contributed by atoms with E-state index in [1.54, 1.807) is 0 Å². The number of hydrogen-bond donors (Lipinski definition) is 0. The van der Waals surface area contributed by atoms with Gasteiger partial charge in [-0.15, -0.1) is 0 Å². The van der Waals surface area contributed by atoms with Gasteiger partial charge < -0.3 is 9.47 Å². The maximum atomic E-state index is 5.97. The van der Waals surface area contributed by atoms with Crippen molar-refractivity contribution in [2.45, 2.75) is 19.8 Å². The molecule has 0 radical (unpaired) electrons. The highest BCUT2D eigenvalue weighted by Crippen LogP contribution is 2.23. The maximum absolute atomic E-state index is 5.97. The van der Waals surface area contributed by atoms with Crippen molar-refractivity contribution in [1.29, 1.82) is 0 Å². The Balaban J connectivity index is 2.00. The largest absolute Gasteiger partial charge is 0.477 e. The minimum atomic E-state index is 0.471. The van der Waals surface area contributed by atoms with Gasteiger partial charge in [-0.1, -0.05) is 18.5 Å². The molecular formula is C11H15ClN2O2. The van der Waals surface area contributed by atoms with Gasteiger partial charge in [0.25, 0.3) is 0 Å². The summed E-state index contributed by atoms with van der Waals surface area (Å²) in [6.45, 7) is 4.26. The highest BCUT2D eigenvalue weighted by molar-refractivity contribution is 6.30. The second kappa shape index (κ2) is 5.46. The molecular weight excluding hydrogens is 228 g/mol. The maximum Gasteiger partial charge on any atom is 0.221 e. The molecule has 0 spiro atoms. The fourth-order valence-electron chi connectivity index (χ4n) is 1.71. The normalized spacial score (nSPS) is 20.0. The molecule has 1 aromatic rings. The topological polar surface area (TPSA) is 44.2 Å². The fourth-order valence-corrected chi connectivity index (χ4v) is 1.97. The number of nitrogens with zero attached hydrogens (tertiary/aromatic N) is 2. The summed E-state index contributed by atoms with van der Waals surface area (Å²) in [6.07, 6.45) is 3.26. The van der Waals surface area contributed by atoms with Crippen molar-refractivity contribution in [2.75, 3.05) is 19.8 Å². The summed E-state index contributed by atoms with van der Waals surface area (Å²) in [7, 11) is 0. The first-order valence-electron chi connectivity index (χ1n) is 5.51. The predicted molar refractivity (Wildman–Crippen MR) is 60.8 cm³/mol. The van der Waals surface area contributed by atoms with Gasteiger partial charge in [-0.25, -0.2) is 9.97 Å². The first kappa shape index (κ1) is 11.6. The van der Waals surface area contributed by atoms with Crippen molar-refractivity contribution in [1.82, 2.24) is 9.97 Å². The summed E-state index contributed by atoms with van der Waals surface area (Å²) < 4.78 is 11.0. The number of halogens is 1. The molecule has 1 atom stereocenters. The van der Waals surface area contributed by atoms with E-state index >= 15 is 0 Å². The summed E-state index contributed by atoms with van der Waals surface area (Å²) in [5.41, 5.74) is 0.878. The van der Waals surface area contributed by atoms with E-state index in [1.165, 1.54) is 6.33 Å². The van der Waals surface area contributed by atoms with Gasteiger partial charge >= 0.3 is 0 Å². The fraction of sp³-hybridized carbons (Fsp3) is 0.636. The Morgan fingerprint density at radius 2 is 2.44 bits per heavy atom. The summed E-state index contributed by atoms with van der Waals surface area (Å²) in [5.74, 6) is 1.08. The Bertz CT molecular complexity index is 354. The summed E-state index contributed by atoms with van der Waals surface area (Å²) in [6, 6.07) is 0. The standard InChI is InChI=1S/C11H15ClN2O2/c1-2-9-10(12)13-7-14-11(9)16-6-8-3-4-15-5-8/h7-8H,2-6H2,1H3. The zero-order chi connectivity index (χ0) is 11.4. The highest BCUT2D eigenvalue weighted by atomic mass is 35.5. The van der Waals surface area contributed by atoms with E-state index in [9.17, 15) is 0 Å². The van der Waals surface area contributed by atoms with Gasteiger partial charge in [0.2, 0.25) is 5.88 Å². The number of rotatable bonds is 4. The molecule has 88 valence electrons. The van der Waals surface area contributed by atoms with E-state index in [-0.39, 0.29) is 0 Å². The van der Waals surface area contributed by atoms with Gasteiger partial charge in [0.15, 0.2) is 0 Å². The molecule has 1 aromatic heterocycles. The van der Waals surface area contributed by atoms with Gasteiger partial charge in [-0.2, -0.15) is 0 Å². The minimum absolute atomic E-state index is 0.471. The van der Waals surface area contributed by atoms with Crippen LogP contribution in [0.1, 0.15) is 18.9 Å². The quantitative estimate of drug-likeness (QED) is 0.759. The Kier molecular flexibility index (Phi) is 3.96. The molecule has 0 aromatic carbocycles. The van der Waals surface area contributed by atoms with Crippen LogP contribution in [0.4, 0.5) is 0 Å². The van der Waals surface area contributed by atoms with E-state index in [0.717, 1.165) is 31.6 Å². The van der Waals surface area contributed by atoms with Gasteiger partial charge in [-0.3, -0.25) is 0 Å². The molecule has 1 aliphatic rings. The Morgan fingerprint density at radius 1 is 1.56 bits per heavy atom. The molecule has 2 heterocycles. The Labute approximate surface area is 99.9 Å². The van der Waals surface area contributed by atoms with Crippen LogP contribution in [0.5, 0.6) is 5.88 Å². The van der Waals surface area contributed by atoms with E-state index in [0.29, 0.717) is 23.6 Å². The van der Waals surface area contributed by atoms with E-state index in [4.69, 9.17) is 21.1 Å². The molecule has 0 saturated carbocycles. The Morgan fingerprint density at radius 3 is 3.12 bits per heavy atom. The monoisotopic (exact) mass is 242 g/mol. The lowest BCUT2D eigenvalue weighted by atomic mass is 10.1. The minimum Gasteiger partial charge on any atom is -0.477 e. The smallest absolute Gasteiger partial charge is 0.221 e. The van der Waals surface area contributed by atoms with Crippen LogP contribution >= 0.6 is 11.6 Å². The molecule has 2 rings (SSSR count). The molecule has 1 saturated heterocycles. The van der Waals surface area contributed by atoms with Crippen molar-refractivity contribution >= 4 is 11.6 Å². The van der Waals surface area contributed by atoms with Gasteiger partial charge in [-0.05, 0) is 12.8 Å². The average molecular weight is 243 g/mol. The lowest BCUT2D eigenvalue weighted by Crippen LogP contribution is -2.13. The van der Waals surface area contributed by atoms with E-state index < -0.39 is 0 Å². The first-order valence-corrected chi connectivity index (χ1v) is 5.89. The van der Waals surface area contributed by atoms with Gasteiger partial charge in [0.05, 0.1) is 18.8 Å². The molecule has 4 nitrogen and oxygen atoms in total. The SMILES string of the molecule is CCc1c(Cl)ncnc1OCC1CCOC1. The average Bonchev–Trinajstić information content (AvgIpc) is 2.79. The van der Waals surface area contributed by atoms with Crippen LogP contribution in [0.3, 0.4) is 0 Å². The third kappa shape index (κ3) is 2.62. The zero-order valence-corrected chi connectivity index (χ0v) is 10.0. The Hall–Kier alpha value is -0.870. The van der Waals surface area contributed by atoms with Gasteiger partial charge in [0.1, 0.15) is 11.5 Å². The van der Waals surface area contributed by atoms with Crippen molar-refractivity contribution < 1.29 is 9.47 Å². The van der Waals surface area contributed by atoms with Gasteiger partial charge in [0, 0.05) is 12.5 Å². The summed E-state index contributed by atoms with van der Waals surface area (Å²) >= 11 is 5.97. The summed E-state index contributed by atoms with van der Waals surface area (Å²) in [5, 5.41) is 0.482. The first-order chi connectivity index (χ1) is 7.81. The van der Waals surface area contributed by atoms with Crippen molar-refractivity contribution in [3.63, 3.8) is 0 Å². The van der Waals surface area contributed by atoms with Crippen LogP contribution in [0.2, 0.25) is 5.15 Å². The molecule has 1 unspecified atom stereocenters. The second-order valence-electron chi connectivity index (χ2n) is 3.84. The highest BCUT2D eigenvalue weighted by Gasteiger charge is 2.17. The molecule has 16 heavy (non-hydrogen) atoms. The van der Waals surface area contributed by atoms with Crippen LogP contribution < -0.4 is 4.74 Å². The number of aromatic nitrogens is 2. The zero-order valence-electron chi connectivity index (χ0n) is 9.28. The number of hydrogen-bond acceptors (Lipinski definition) is 4. The van der Waals surface area contributed by atoms with Crippen molar-refractivity contribution in [3.05, 3.63) is 17.0 Å². The second-order valence-corrected chi connectivity index (χ2v) is 4.20. The van der Waals surface area contributed by atoms with Crippen molar-refractivity contribution in [2.24, 2.45) is 5.92 Å². The molecule has 0 N–H and O–H groups in total. The van der Waals surface area contributed by atoms with Crippen LogP contribution in [0, 0.1) is 5.92 Å². The molecule has 0 amide bonds. The molecule has 5 heteroatoms. The third-order valence-electron chi connectivity index (χ3n) is 2.69. The lowest BCUT2D eigenvalue weighted by Gasteiger charge is -2.12. The van der Waals surface area contributed by atoms with Crippen LogP contribution in [0.25, 0.3) is 0 Å². The third-order valence-corrected chi connectivity index (χ3v) is 3.01. The van der Waals surface area contributed by atoms with Crippen LogP contribution in [0.15, 0.2) is 6.33 Å². The van der Waals surface area contributed by atoms with Crippen molar-refractivity contribution in [3.8, 4) is 5.88 Å². The predicted octanol–water partition coefficient (Wildman–Crippen LogP) is 2.11. The number of ether oxygens (including phenoxy) is 2. The van der Waals surface area contributed by atoms with E-state index in [2.05, 4.69) is 9.97 Å². The molecule has 1 fully saturated rings. The van der Waals surface area contributed by atoms with E-state index in [1.807, 2.05) is 6.92 Å². The lowest BCUT2D eigenvalue weighted by molar-refractivity contribution is 0.165. The van der Waals surface area contributed by atoms with Crippen LogP contribution in [-0.4, -0.2) is 29.8 Å². The molecule has 0 aliphatic carbocycles. The molecule has 0 bridgehead atoms. The van der Waals surface area contributed by atoms with Crippen LogP contribution in [-0.2, 0) is 11.2 Å².